The predicted molar refractivity (Wildman–Crippen MR) is 154 cm³/mol. The Balaban J connectivity index is 1.37. The second-order valence-corrected chi connectivity index (χ2v) is 10.8. The van der Waals surface area contributed by atoms with Gasteiger partial charge in [-0.15, -0.1) is 0 Å². The van der Waals surface area contributed by atoms with E-state index in [2.05, 4.69) is 39.2 Å². The Morgan fingerprint density at radius 3 is 2.53 bits per heavy atom. The lowest BCUT2D eigenvalue weighted by Crippen LogP contribution is -2.33. The molecule has 0 radical (unpaired) electrons. The molecule has 0 spiro atoms. The first-order valence-electron chi connectivity index (χ1n) is 12.9. The number of aromatic nitrogens is 1. The fraction of sp³-hybridized carbons (Fsp3) is 0.267. The zero-order valence-electron chi connectivity index (χ0n) is 21.0. The van der Waals surface area contributed by atoms with E-state index in [-0.39, 0.29) is 17.9 Å². The first kappa shape index (κ1) is 24.9. The lowest BCUT2D eigenvalue weighted by Gasteiger charge is -2.33. The number of nitrogens with zero attached hydrogens (tertiary/aromatic N) is 3. The number of furan rings is 1. The monoisotopic (exact) mass is 546 g/mol. The van der Waals surface area contributed by atoms with Crippen molar-refractivity contribution >= 4 is 40.3 Å². The number of anilines is 2. The Morgan fingerprint density at radius 2 is 1.82 bits per heavy atom. The van der Waals surface area contributed by atoms with E-state index in [0.717, 1.165) is 47.4 Å². The highest BCUT2D eigenvalue weighted by Crippen LogP contribution is 2.44. The third-order valence-corrected chi connectivity index (χ3v) is 8.10. The first-order valence-corrected chi connectivity index (χ1v) is 13.7. The van der Waals surface area contributed by atoms with Crippen LogP contribution in [0.1, 0.15) is 43.3 Å². The highest BCUT2D eigenvalue weighted by atomic mass is 35.5. The number of thiocarbonyl (C=S) groups is 1. The zero-order valence-corrected chi connectivity index (χ0v) is 22.6. The summed E-state index contributed by atoms with van der Waals surface area (Å²) < 4.78 is 19.9. The van der Waals surface area contributed by atoms with Gasteiger partial charge in [-0.2, -0.15) is 0 Å². The standard InChI is InChI=1S/C30H28ClFN4OS/c1-19-13-16-35(17-14-19)25-10-9-22(18-23(25)31)36-29(28(34-30(36)38)24-4-2-3-15-33-24)27-12-11-26(37-27)20-5-7-21(32)8-6-20/h2-12,15,18-19,28-29H,13-14,16-17H2,1H3,(H,34,38)/t28-,29-/m1/s1. The molecule has 8 heteroatoms. The normalized spacial score (nSPS) is 20.1. The highest BCUT2D eigenvalue weighted by Gasteiger charge is 2.42. The molecule has 1 N–H and O–H groups in total. The lowest BCUT2D eigenvalue weighted by atomic mass is 9.98. The summed E-state index contributed by atoms with van der Waals surface area (Å²) in [6.45, 7) is 4.32. The van der Waals surface area contributed by atoms with Crippen molar-refractivity contribution < 1.29 is 8.81 Å². The van der Waals surface area contributed by atoms with Crippen LogP contribution in [0.3, 0.4) is 0 Å². The van der Waals surface area contributed by atoms with Crippen LogP contribution in [0.2, 0.25) is 5.02 Å². The van der Waals surface area contributed by atoms with Crippen molar-refractivity contribution in [3.8, 4) is 11.3 Å². The largest absolute Gasteiger partial charge is 0.459 e. The number of halogens is 2. The predicted octanol–water partition coefficient (Wildman–Crippen LogP) is 7.55. The maximum atomic E-state index is 13.5. The minimum atomic E-state index is -0.302. The molecule has 5 nitrogen and oxygen atoms in total. The van der Waals surface area contributed by atoms with Crippen LogP contribution in [0.15, 0.2) is 83.4 Å². The fourth-order valence-corrected chi connectivity index (χ4v) is 5.99. The van der Waals surface area contributed by atoms with Gasteiger partial charge < -0.3 is 19.5 Å². The molecule has 6 rings (SSSR count). The van der Waals surface area contributed by atoms with Crippen molar-refractivity contribution in [3.63, 3.8) is 0 Å². The number of hydrogen-bond donors (Lipinski definition) is 1. The van der Waals surface area contributed by atoms with Gasteiger partial charge in [-0.25, -0.2) is 4.39 Å². The van der Waals surface area contributed by atoms with Crippen molar-refractivity contribution in [3.05, 3.63) is 101 Å². The average molecular weight is 547 g/mol. The molecule has 2 aromatic carbocycles. The minimum absolute atomic E-state index is 0.238. The van der Waals surface area contributed by atoms with Crippen molar-refractivity contribution in [1.29, 1.82) is 0 Å². The van der Waals surface area contributed by atoms with Crippen molar-refractivity contribution in [1.82, 2.24) is 10.3 Å². The fourth-order valence-electron chi connectivity index (χ4n) is 5.35. The maximum Gasteiger partial charge on any atom is 0.174 e. The van der Waals surface area contributed by atoms with E-state index in [1.54, 1.807) is 18.3 Å². The second kappa shape index (κ2) is 10.4. The Bertz CT molecular complexity index is 1440. The summed E-state index contributed by atoms with van der Waals surface area (Å²) in [4.78, 5) is 9.02. The molecule has 38 heavy (non-hydrogen) atoms. The Morgan fingerprint density at radius 1 is 1.03 bits per heavy atom. The van der Waals surface area contributed by atoms with Crippen LogP contribution in [0.25, 0.3) is 11.3 Å². The molecule has 0 saturated carbocycles. The minimum Gasteiger partial charge on any atom is -0.459 e. The molecule has 2 fully saturated rings. The van der Waals surface area contributed by atoms with E-state index < -0.39 is 0 Å². The van der Waals surface area contributed by atoms with Gasteiger partial charge in [0.2, 0.25) is 0 Å². The van der Waals surface area contributed by atoms with Crippen LogP contribution in [-0.4, -0.2) is 23.2 Å². The molecular formula is C30H28ClFN4OS. The SMILES string of the molecule is CC1CCN(c2ccc(N3C(=S)N[C@H](c4ccccn4)[C@H]3c3ccc(-c4ccc(F)cc4)o3)cc2Cl)CC1. The zero-order chi connectivity index (χ0) is 26.2. The summed E-state index contributed by atoms with van der Waals surface area (Å²) in [6.07, 6.45) is 4.11. The number of hydrogen-bond acceptors (Lipinski definition) is 4. The van der Waals surface area contributed by atoms with Crippen LogP contribution < -0.4 is 15.1 Å². The van der Waals surface area contributed by atoms with Gasteiger partial charge in [0.25, 0.3) is 0 Å². The van der Waals surface area contributed by atoms with E-state index in [4.69, 9.17) is 28.2 Å². The summed E-state index contributed by atoms with van der Waals surface area (Å²) in [7, 11) is 0. The number of pyridine rings is 1. The summed E-state index contributed by atoms with van der Waals surface area (Å²) >= 11 is 12.7. The number of rotatable bonds is 5. The molecule has 0 unspecified atom stereocenters. The maximum absolute atomic E-state index is 13.5. The molecule has 0 amide bonds. The van der Waals surface area contributed by atoms with Gasteiger partial charge in [0.05, 0.1) is 22.4 Å². The topological polar surface area (TPSA) is 44.5 Å². The van der Waals surface area contributed by atoms with Crippen molar-refractivity contribution in [2.75, 3.05) is 22.9 Å². The summed E-state index contributed by atoms with van der Waals surface area (Å²) in [6, 6.07) is 21.6. The van der Waals surface area contributed by atoms with Gasteiger partial charge in [0.15, 0.2) is 5.11 Å². The number of piperidine rings is 1. The molecule has 194 valence electrons. The van der Waals surface area contributed by atoms with Crippen LogP contribution >= 0.6 is 23.8 Å². The molecule has 0 aliphatic carbocycles. The van der Waals surface area contributed by atoms with E-state index in [1.807, 2.05) is 36.4 Å². The molecule has 4 aromatic rings. The summed E-state index contributed by atoms with van der Waals surface area (Å²) in [5.74, 6) is 1.84. The van der Waals surface area contributed by atoms with Gasteiger partial charge in [-0.3, -0.25) is 4.98 Å². The summed E-state index contributed by atoms with van der Waals surface area (Å²) in [5, 5.41) is 4.73. The van der Waals surface area contributed by atoms with Crippen LogP contribution in [0.5, 0.6) is 0 Å². The van der Waals surface area contributed by atoms with Gasteiger partial charge in [0, 0.05) is 30.5 Å². The third kappa shape index (κ3) is 4.76. The molecule has 2 saturated heterocycles. The van der Waals surface area contributed by atoms with E-state index in [1.165, 1.54) is 25.0 Å². The smallest absolute Gasteiger partial charge is 0.174 e. The van der Waals surface area contributed by atoms with E-state index >= 15 is 0 Å². The van der Waals surface area contributed by atoms with Crippen LogP contribution in [0, 0.1) is 11.7 Å². The van der Waals surface area contributed by atoms with E-state index in [9.17, 15) is 4.39 Å². The Labute approximate surface area is 232 Å². The Kier molecular flexibility index (Phi) is 6.80. The molecular weight excluding hydrogens is 519 g/mol. The van der Waals surface area contributed by atoms with Crippen molar-refractivity contribution in [2.45, 2.75) is 31.8 Å². The molecule has 2 aliphatic heterocycles. The Hall–Kier alpha value is -3.42. The number of benzene rings is 2. The second-order valence-electron chi connectivity index (χ2n) is 10.0. The van der Waals surface area contributed by atoms with Gasteiger partial charge >= 0.3 is 0 Å². The first-order chi connectivity index (χ1) is 18.5. The van der Waals surface area contributed by atoms with Crippen LogP contribution in [0.4, 0.5) is 15.8 Å². The quantitative estimate of drug-likeness (QED) is 0.261. The highest BCUT2D eigenvalue weighted by molar-refractivity contribution is 7.80. The molecule has 4 heterocycles. The van der Waals surface area contributed by atoms with Gasteiger partial charge in [-0.05, 0) is 97.7 Å². The van der Waals surface area contributed by atoms with Crippen LogP contribution in [-0.2, 0) is 0 Å². The van der Waals surface area contributed by atoms with E-state index in [0.29, 0.717) is 15.9 Å². The van der Waals surface area contributed by atoms with Gasteiger partial charge in [-0.1, -0.05) is 24.6 Å². The molecule has 0 bridgehead atoms. The molecule has 2 atom stereocenters. The third-order valence-electron chi connectivity index (χ3n) is 7.48. The lowest BCUT2D eigenvalue weighted by molar-refractivity contribution is 0.438. The average Bonchev–Trinajstić information content (AvgIpc) is 3.55. The molecule has 2 aliphatic rings. The van der Waals surface area contributed by atoms with Crippen molar-refractivity contribution in [2.24, 2.45) is 5.92 Å². The summed E-state index contributed by atoms with van der Waals surface area (Å²) in [5.41, 5.74) is 3.59. The number of nitrogens with one attached hydrogen (secondary N) is 1. The molecule has 2 aromatic heterocycles. The van der Waals surface area contributed by atoms with Gasteiger partial charge in [0.1, 0.15) is 23.4 Å².